The molecule has 2 N–H and O–H groups in total. The van der Waals surface area contributed by atoms with Crippen LogP contribution in [0.2, 0.25) is 0 Å². The van der Waals surface area contributed by atoms with Crippen molar-refractivity contribution in [3.63, 3.8) is 0 Å². The molecule has 0 spiro atoms. The van der Waals surface area contributed by atoms with Crippen LogP contribution in [-0.2, 0) is 11.3 Å². The standard InChI is InChI=1S/C25H25N5O3/c1-3-33-24(31)19-10-9-11-20(16-19)27-25(32)26-17-22-18(2)28-30(21-12-5-4-6-13-21)23(22)29-14-7-8-15-29/h4-16H,3,17H2,1-2H3,(H2,26,27,32). The summed E-state index contributed by atoms with van der Waals surface area (Å²) >= 11 is 0. The first-order valence-electron chi connectivity index (χ1n) is 10.7. The number of hydrogen-bond donors (Lipinski definition) is 2. The number of hydrogen-bond acceptors (Lipinski definition) is 4. The third-order valence-corrected chi connectivity index (χ3v) is 5.06. The maximum Gasteiger partial charge on any atom is 0.338 e. The SMILES string of the molecule is CCOC(=O)c1cccc(NC(=O)NCc2c(C)nn(-c3ccccc3)c2-n2cccc2)c1. The van der Waals surface area contributed by atoms with Gasteiger partial charge in [-0.3, -0.25) is 0 Å². The Hall–Kier alpha value is -4.33. The minimum absolute atomic E-state index is 0.273. The molecule has 2 amide bonds. The van der Waals surface area contributed by atoms with Gasteiger partial charge in [0.2, 0.25) is 0 Å². The number of aryl methyl sites for hydroxylation is 1. The highest BCUT2D eigenvalue weighted by Crippen LogP contribution is 2.23. The molecule has 0 saturated carbocycles. The number of esters is 1. The van der Waals surface area contributed by atoms with Gasteiger partial charge >= 0.3 is 12.0 Å². The van der Waals surface area contributed by atoms with Crippen molar-refractivity contribution in [1.82, 2.24) is 19.7 Å². The molecule has 0 aliphatic heterocycles. The number of ether oxygens (including phenoxy) is 1. The molecule has 0 atom stereocenters. The lowest BCUT2D eigenvalue weighted by atomic mass is 10.2. The molecule has 0 bridgehead atoms. The van der Waals surface area contributed by atoms with Crippen LogP contribution in [0.25, 0.3) is 11.5 Å². The molecule has 0 aliphatic rings. The Morgan fingerprint density at radius 1 is 1.00 bits per heavy atom. The van der Waals surface area contributed by atoms with Gasteiger partial charge in [0, 0.05) is 23.6 Å². The van der Waals surface area contributed by atoms with Crippen LogP contribution < -0.4 is 10.6 Å². The number of amides is 2. The van der Waals surface area contributed by atoms with Crippen LogP contribution in [0.5, 0.6) is 0 Å². The second-order valence-electron chi connectivity index (χ2n) is 7.33. The summed E-state index contributed by atoms with van der Waals surface area (Å²) in [6.45, 7) is 4.23. The molecule has 8 heteroatoms. The molecule has 2 heterocycles. The van der Waals surface area contributed by atoms with Crippen LogP contribution in [0.4, 0.5) is 10.5 Å². The summed E-state index contributed by atoms with van der Waals surface area (Å²) in [5.41, 5.74) is 3.51. The van der Waals surface area contributed by atoms with Crippen molar-refractivity contribution in [3.8, 4) is 11.5 Å². The van der Waals surface area contributed by atoms with E-state index < -0.39 is 5.97 Å². The van der Waals surface area contributed by atoms with Gasteiger partial charge in [-0.1, -0.05) is 24.3 Å². The summed E-state index contributed by atoms with van der Waals surface area (Å²) in [5, 5.41) is 10.4. The van der Waals surface area contributed by atoms with Gasteiger partial charge in [0.1, 0.15) is 5.82 Å². The molecular formula is C25H25N5O3. The van der Waals surface area contributed by atoms with E-state index in [-0.39, 0.29) is 19.2 Å². The summed E-state index contributed by atoms with van der Waals surface area (Å²) in [5.74, 6) is 0.426. The van der Waals surface area contributed by atoms with E-state index in [9.17, 15) is 9.59 Å². The Bertz CT molecular complexity index is 1250. The number of nitrogens with zero attached hydrogens (tertiary/aromatic N) is 3. The van der Waals surface area contributed by atoms with Crippen molar-refractivity contribution in [1.29, 1.82) is 0 Å². The largest absolute Gasteiger partial charge is 0.462 e. The summed E-state index contributed by atoms with van der Waals surface area (Å²) in [6.07, 6.45) is 3.89. The summed E-state index contributed by atoms with van der Waals surface area (Å²) in [4.78, 5) is 24.5. The average molecular weight is 444 g/mol. The highest BCUT2D eigenvalue weighted by Gasteiger charge is 2.18. The highest BCUT2D eigenvalue weighted by molar-refractivity contribution is 5.93. The number of carbonyl (C=O) groups excluding carboxylic acids is 2. The highest BCUT2D eigenvalue weighted by atomic mass is 16.5. The number of nitrogens with one attached hydrogen (secondary N) is 2. The number of urea groups is 1. The van der Waals surface area contributed by atoms with E-state index in [0.29, 0.717) is 11.3 Å². The Kier molecular flexibility index (Phi) is 6.54. The molecule has 2 aromatic heterocycles. The maximum atomic E-state index is 12.6. The average Bonchev–Trinajstić information content (AvgIpc) is 3.46. The zero-order chi connectivity index (χ0) is 23.2. The van der Waals surface area contributed by atoms with E-state index in [2.05, 4.69) is 10.6 Å². The number of para-hydroxylation sites is 1. The Labute approximate surface area is 191 Å². The van der Waals surface area contributed by atoms with Crippen molar-refractivity contribution in [2.75, 3.05) is 11.9 Å². The molecule has 4 rings (SSSR count). The van der Waals surface area contributed by atoms with E-state index in [1.54, 1.807) is 31.2 Å². The molecule has 0 fully saturated rings. The van der Waals surface area contributed by atoms with Crippen molar-refractivity contribution in [2.24, 2.45) is 0 Å². The van der Waals surface area contributed by atoms with Gasteiger partial charge in [-0.25, -0.2) is 14.3 Å². The third kappa shape index (κ3) is 4.95. The van der Waals surface area contributed by atoms with Gasteiger partial charge in [-0.05, 0) is 56.3 Å². The summed E-state index contributed by atoms with van der Waals surface area (Å²) in [7, 11) is 0. The van der Waals surface area contributed by atoms with Gasteiger partial charge in [-0.2, -0.15) is 5.10 Å². The van der Waals surface area contributed by atoms with E-state index in [4.69, 9.17) is 9.84 Å². The van der Waals surface area contributed by atoms with Crippen LogP contribution >= 0.6 is 0 Å². The Balaban J connectivity index is 1.53. The zero-order valence-electron chi connectivity index (χ0n) is 18.5. The van der Waals surface area contributed by atoms with Crippen LogP contribution in [0.15, 0.2) is 79.1 Å². The van der Waals surface area contributed by atoms with Gasteiger partial charge in [0.05, 0.1) is 30.1 Å². The number of anilines is 1. The predicted molar refractivity (Wildman–Crippen MR) is 126 cm³/mol. The van der Waals surface area contributed by atoms with E-state index in [1.165, 1.54) is 0 Å². The van der Waals surface area contributed by atoms with Gasteiger partial charge in [0.25, 0.3) is 0 Å². The first kappa shape index (κ1) is 21.9. The second kappa shape index (κ2) is 9.86. The molecule has 0 saturated heterocycles. The predicted octanol–water partition coefficient (Wildman–Crippen LogP) is 4.47. The first-order chi connectivity index (χ1) is 16.1. The minimum atomic E-state index is -0.429. The normalized spacial score (nSPS) is 10.6. The smallest absolute Gasteiger partial charge is 0.338 e. The lowest BCUT2D eigenvalue weighted by Gasteiger charge is -2.12. The van der Waals surface area contributed by atoms with Gasteiger partial charge in [0.15, 0.2) is 0 Å². The van der Waals surface area contributed by atoms with Crippen molar-refractivity contribution >= 4 is 17.7 Å². The molecule has 0 radical (unpaired) electrons. The molecule has 0 aliphatic carbocycles. The molecule has 33 heavy (non-hydrogen) atoms. The van der Waals surface area contributed by atoms with E-state index in [1.807, 2.05) is 71.0 Å². The quantitative estimate of drug-likeness (QED) is 0.413. The lowest BCUT2D eigenvalue weighted by molar-refractivity contribution is 0.0526. The second-order valence-corrected chi connectivity index (χ2v) is 7.33. The fourth-order valence-electron chi connectivity index (χ4n) is 3.53. The van der Waals surface area contributed by atoms with Crippen LogP contribution in [0, 0.1) is 6.92 Å². The lowest BCUT2D eigenvalue weighted by Crippen LogP contribution is -2.28. The van der Waals surface area contributed by atoms with Gasteiger partial charge in [-0.15, -0.1) is 0 Å². The van der Waals surface area contributed by atoms with Gasteiger partial charge < -0.3 is 19.9 Å². The zero-order valence-corrected chi connectivity index (χ0v) is 18.5. The number of aromatic nitrogens is 3. The van der Waals surface area contributed by atoms with E-state index >= 15 is 0 Å². The first-order valence-corrected chi connectivity index (χ1v) is 10.7. The molecule has 168 valence electrons. The topological polar surface area (TPSA) is 90.2 Å². The fraction of sp³-hybridized carbons (Fsp3) is 0.160. The maximum absolute atomic E-state index is 12.6. The summed E-state index contributed by atoms with van der Waals surface area (Å²) < 4.78 is 8.86. The fourth-order valence-corrected chi connectivity index (χ4v) is 3.53. The summed E-state index contributed by atoms with van der Waals surface area (Å²) in [6, 6.07) is 20.0. The molecule has 0 unspecified atom stereocenters. The molecule has 4 aromatic rings. The number of rotatable bonds is 7. The Morgan fingerprint density at radius 2 is 1.76 bits per heavy atom. The van der Waals surface area contributed by atoms with Crippen LogP contribution in [-0.4, -0.2) is 33.0 Å². The van der Waals surface area contributed by atoms with Crippen LogP contribution in [0.1, 0.15) is 28.5 Å². The van der Waals surface area contributed by atoms with E-state index in [0.717, 1.165) is 22.8 Å². The van der Waals surface area contributed by atoms with Crippen molar-refractivity contribution in [3.05, 3.63) is 95.9 Å². The minimum Gasteiger partial charge on any atom is -0.462 e. The van der Waals surface area contributed by atoms with Crippen molar-refractivity contribution < 1.29 is 14.3 Å². The van der Waals surface area contributed by atoms with Crippen LogP contribution in [0.3, 0.4) is 0 Å². The number of benzene rings is 2. The Morgan fingerprint density at radius 3 is 2.48 bits per heavy atom. The number of carbonyl (C=O) groups is 2. The third-order valence-electron chi connectivity index (χ3n) is 5.06. The molecular weight excluding hydrogens is 418 g/mol. The molecule has 2 aromatic carbocycles. The monoisotopic (exact) mass is 443 g/mol. The molecule has 8 nitrogen and oxygen atoms in total. The van der Waals surface area contributed by atoms with Crippen molar-refractivity contribution in [2.45, 2.75) is 20.4 Å².